The SMILES string of the molecule is CC(=O)OCC(OC(C)=O)[C@H]1O[C@@H]2OC(C)(C)O[C@@H]2C1=O. The van der Waals surface area contributed by atoms with Crippen LogP contribution in [0.4, 0.5) is 0 Å². The summed E-state index contributed by atoms with van der Waals surface area (Å²) in [5, 5.41) is 0. The van der Waals surface area contributed by atoms with Gasteiger partial charge in [0.05, 0.1) is 0 Å². The summed E-state index contributed by atoms with van der Waals surface area (Å²) in [6.45, 7) is 5.47. The summed E-state index contributed by atoms with van der Waals surface area (Å²) in [4.78, 5) is 34.3. The highest BCUT2D eigenvalue weighted by Gasteiger charge is 2.56. The fourth-order valence-corrected chi connectivity index (χ4v) is 2.26. The number of esters is 2. The van der Waals surface area contributed by atoms with E-state index in [-0.39, 0.29) is 6.61 Å². The van der Waals surface area contributed by atoms with Crippen LogP contribution in [-0.2, 0) is 38.1 Å². The first-order chi connectivity index (χ1) is 9.69. The molecule has 8 nitrogen and oxygen atoms in total. The van der Waals surface area contributed by atoms with Crippen LogP contribution < -0.4 is 0 Å². The lowest BCUT2D eigenvalue weighted by molar-refractivity contribution is -0.218. The molecule has 0 spiro atoms. The topological polar surface area (TPSA) is 97.4 Å². The second kappa shape index (κ2) is 5.70. The molecule has 0 saturated carbocycles. The Hall–Kier alpha value is -1.51. The third-order valence-corrected chi connectivity index (χ3v) is 3.01. The normalized spacial score (nSPS) is 31.6. The van der Waals surface area contributed by atoms with Gasteiger partial charge in [0.15, 0.2) is 36.2 Å². The smallest absolute Gasteiger partial charge is 0.303 e. The van der Waals surface area contributed by atoms with E-state index in [0.717, 1.165) is 0 Å². The molecule has 0 aliphatic carbocycles. The van der Waals surface area contributed by atoms with Crippen LogP contribution in [0.3, 0.4) is 0 Å². The first-order valence-electron chi connectivity index (χ1n) is 6.55. The molecule has 4 atom stereocenters. The van der Waals surface area contributed by atoms with E-state index in [1.54, 1.807) is 13.8 Å². The summed E-state index contributed by atoms with van der Waals surface area (Å²) < 4.78 is 26.2. The molecule has 1 unspecified atom stereocenters. The van der Waals surface area contributed by atoms with E-state index in [0.29, 0.717) is 0 Å². The highest BCUT2D eigenvalue weighted by molar-refractivity contribution is 5.90. The maximum Gasteiger partial charge on any atom is 0.303 e. The monoisotopic (exact) mass is 302 g/mol. The maximum atomic E-state index is 12.3. The molecule has 2 aliphatic rings. The van der Waals surface area contributed by atoms with E-state index in [2.05, 4.69) is 0 Å². The van der Waals surface area contributed by atoms with Crippen molar-refractivity contribution in [2.45, 2.75) is 58.1 Å². The number of hydrogen-bond acceptors (Lipinski definition) is 8. The standard InChI is InChI=1S/C13H18O8/c1-6(14)17-5-8(18-7(2)15)10-9(16)11-12(19-10)21-13(3,4)20-11/h8,10-12H,5H2,1-4H3/t8?,10-,11-,12-/m1/s1. The van der Waals surface area contributed by atoms with Crippen LogP contribution >= 0.6 is 0 Å². The Morgan fingerprint density at radius 1 is 1.24 bits per heavy atom. The minimum atomic E-state index is -1.08. The zero-order valence-corrected chi connectivity index (χ0v) is 12.3. The zero-order chi connectivity index (χ0) is 15.8. The lowest BCUT2D eigenvalue weighted by atomic mass is 10.1. The van der Waals surface area contributed by atoms with Crippen molar-refractivity contribution in [1.29, 1.82) is 0 Å². The summed E-state index contributed by atoms with van der Waals surface area (Å²) in [6.07, 6.45) is -3.84. The van der Waals surface area contributed by atoms with Gasteiger partial charge in [-0.15, -0.1) is 0 Å². The van der Waals surface area contributed by atoms with Gasteiger partial charge in [0, 0.05) is 13.8 Å². The molecule has 0 N–H and O–H groups in total. The van der Waals surface area contributed by atoms with Gasteiger partial charge in [-0.05, 0) is 13.8 Å². The Kier molecular flexibility index (Phi) is 4.31. The number of fused-ring (bicyclic) bond motifs is 1. The average molecular weight is 302 g/mol. The lowest BCUT2D eigenvalue weighted by Crippen LogP contribution is -2.42. The fraction of sp³-hybridized carbons (Fsp3) is 0.769. The second-order valence-electron chi connectivity index (χ2n) is 5.33. The van der Waals surface area contributed by atoms with Crippen molar-refractivity contribution in [2.24, 2.45) is 0 Å². The number of carbonyl (C=O) groups is 3. The summed E-state index contributed by atoms with van der Waals surface area (Å²) >= 11 is 0. The molecule has 0 aromatic heterocycles. The third kappa shape index (κ3) is 3.58. The molecule has 2 heterocycles. The van der Waals surface area contributed by atoms with E-state index in [1.807, 2.05) is 0 Å². The molecule has 8 heteroatoms. The van der Waals surface area contributed by atoms with Gasteiger partial charge in [-0.2, -0.15) is 0 Å². The van der Waals surface area contributed by atoms with E-state index in [1.165, 1.54) is 13.8 Å². The van der Waals surface area contributed by atoms with Gasteiger partial charge in [0.25, 0.3) is 0 Å². The number of Topliss-reactive ketones (excluding diaryl/α,β-unsaturated/α-hetero) is 1. The molecule has 0 aromatic carbocycles. The number of ketones is 1. The Balaban J connectivity index is 2.06. The summed E-state index contributed by atoms with van der Waals surface area (Å²) in [7, 11) is 0. The van der Waals surface area contributed by atoms with Gasteiger partial charge >= 0.3 is 11.9 Å². The van der Waals surface area contributed by atoms with E-state index >= 15 is 0 Å². The maximum absolute atomic E-state index is 12.3. The number of carbonyl (C=O) groups excluding carboxylic acids is 3. The minimum Gasteiger partial charge on any atom is -0.462 e. The van der Waals surface area contributed by atoms with Crippen molar-refractivity contribution in [1.82, 2.24) is 0 Å². The Morgan fingerprint density at radius 2 is 1.90 bits per heavy atom. The van der Waals surface area contributed by atoms with Gasteiger partial charge < -0.3 is 23.7 Å². The molecule has 2 fully saturated rings. The number of rotatable bonds is 4. The molecule has 2 aliphatic heterocycles. The predicted molar refractivity (Wildman–Crippen MR) is 65.9 cm³/mol. The van der Waals surface area contributed by atoms with Crippen LogP contribution in [0.15, 0.2) is 0 Å². The Bertz CT molecular complexity index is 457. The molecule has 2 saturated heterocycles. The van der Waals surface area contributed by atoms with Crippen LogP contribution in [0.5, 0.6) is 0 Å². The summed E-state index contributed by atoms with van der Waals surface area (Å²) in [5.74, 6) is -2.47. The fourth-order valence-electron chi connectivity index (χ4n) is 2.26. The molecule has 0 aromatic rings. The summed E-state index contributed by atoms with van der Waals surface area (Å²) in [5.41, 5.74) is 0. The van der Waals surface area contributed by atoms with Gasteiger partial charge in [-0.25, -0.2) is 0 Å². The molecule has 2 rings (SSSR count). The lowest BCUT2D eigenvalue weighted by Gasteiger charge is -2.24. The number of hydrogen-bond donors (Lipinski definition) is 0. The van der Waals surface area contributed by atoms with Crippen LogP contribution in [0.1, 0.15) is 27.7 Å². The first kappa shape index (κ1) is 15.9. The van der Waals surface area contributed by atoms with E-state index < -0.39 is 48.1 Å². The van der Waals surface area contributed by atoms with Gasteiger partial charge in [0.2, 0.25) is 0 Å². The molecule has 0 radical (unpaired) electrons. The van der Waals surface area contributed by atoms with Crippen molar-refractivity contribution in [3.05, 3.63) is 0 Å². The van der Waals surface area contributed by atoms with Gasteiger partial charge in [0.1, 0.15) is 6.61 Å². The molecule has 0 amide bonds. The number of ether oxygens (including phenoxy) is 5. The van der Waals surface area contributed by atoms with E-state index in [9.17, 15) is 14.4 Å². The van der Waals surface area contributed by atoms with Gasteiger partial charge in [-0.1, -0.05) is 0 Å². The molecule has 21 heavy (non-hydrogen) atoms. The molecule has 0 bridgehead atoms. The van der Waals surface area contributed by atoms with Crippen molar-refractivity contribution >= 4 is 17.7 Å². The van der Waals surface area contributed by atoms with Crippen LogP contribution in [0.2, 0.25) is 0 Å². The minimum absolute atomic E-state index is 0.270. The third-order valence-electron chi connectivity index (χ3n) is 3.01. The Morgan fingerprint density at radius 3 is 2.43 bits per heavy atom. The highest BCUT2D eigenvalue weighted by atomic mass is 16.8. The molecular weight excluding hydrogens is 284 g/mol. The highest BCUT2D eigenvalue weighted by Crippen LogP contribution is 2.36. The zero-order valence-electron chi connectivity index (χ0n) is 12.3. The Labute approximate surface area is 121 Å². The van der Waals surface area contributed by atoms with Crippen molar-refractivity contribution in [3.8, 4) is 0 Å². The molecular formula is C13H18O8. The van der Waals surface area contributed by atoms with Crippen molar-refractivity contribution in [3.63, 3.8) is 0 Å². The first-order valence-corrected chi connectivity index (χ1v) is 6.55. The quantitative estimate of drug-likeness (QED) is 0.665. The van der Waals surface area contributed by atoms with Crippen molar-refractivity contribution < 1.29 is 38.1 Å². The second-order valence-corrected chi connectivity index (χ2v) is 5.33. The summed E-state index contributed by atoms with van der Waals surface area (Å²) in [6, 6.07) is 0. The molecule has 118 valence electrons. The largest absolute Gasteiger partial charge is 0.462 e. The van der Waals surface area contributed by atoms with Gasteiger partial charge in [-0.3, -0.25) is 14.4 Å². The van der Waals surface area contributed by atoms with Crippen molar-refractivity contribution in [2.75, 3.05) is 6.61 Å². The van der Waals surface area contributed by atoms with E-state index in [4.69, 9.17) is 23.7 Å². The van der Waals surface area contributed by atoms with Crippen LogP contribution in [0.25, 0.3) is 0 Å². The van der Waals surface area contributed by atoms with Crippen LogP contribution in [0, 0.1) is 0 Å². The predicted octanol–water partition coefficient (Wildman–Crippen LogP) is -0.0733. The van der Waals surface area contributed by atoms with Crippen LogP contribution in [-0.4, -0.2) is 54.7 Å². The average Bonchev–Trinajstić information content (AvgIpc) is 2.78.